The van der Waals surface area contributed by atoms with Crippen molar-refractivity contribution in [3.63, 3.8) is 0 Å². The van der Waals surface area contributed by atoms with Gasteiger partial charge in [-0.3, -0.25) is 9.78 Å². The Labute approximate surface area is 110 Å². The molecule has 19 heavy (non-hydrogen) atoms. The number of oxazole rings is 1. The van der Waals surface area contributed by atoms with Gasteiger partial charge in [0.15, 0.2) is 11.4 Å². The van der Waals surface area contributed by atoms with Crippen molar-refractivity contribution in [2.45, 2.75) is 32.6 Å². The maximum absolute atomic E-state index is 12.4. The van der Waals surface area contributed by atoms with Crippen LogP contribution in [0.4, 0.5) is 0 Å². The SMILES string of the molecule is CC1CCC(C(=O)c2ccc3[nH]c(=O)oc3c2)CC1. The van der Waals surface area contributed by atoms with Crippen LogP contribution in [0.3, 0.4) is 0 Å². The molecule has 0 unspecified atom stereocenters. The van der Waals surface area contributed by atoms with Gasteiger partial charge in [-0.1, -0.05) is 19.8 Å². The molecule has 0 amide bonds. The van der Waals surface area contributed by atoms with E-state index in [9.17, 15) is 9.59 Å². The highest BCUT2D eigenvalue weighted by molar-refractivity contribution is 6.00. The molecule has 0 radical (unpaired) electrons. The van der Waals surface area contributed by atoms with E-state index in [2.05, 4.69) is 11.9 Å². The molecule has 1 aliphatic rings. The second-order valence-corrected chi connectivity index (χ2v) is 5.55. The van der Waals surface area contributed by atoms with Gasteiger partial charge in [-0.15, -0.1) is 0 Å². The number of ketones is 1. The van der Waals surface area contributed by atoms with Crippen molar-refractivity contribution in [2.75, 3.05) is 0 Å². The zero-order valence-electron chi connectivity index (χ0n) is 10.9. The lowest BCUT2D eigenvalue weighted by Gasteiger charge is -2.25. The van der Waals surface area contributed by atoms with E-state index in [1.54, 1.807) is 18.2 Å². The first-order chi connectivity index (χ1) is 9.13. The standard InChI is InChI=1S/C15H17NO3/c1-9-2-4-10(5-3-9)14(17)11-6-7-12-13(8-11)19-15(18)16-12/h6-10H,2-5H2,1H3,(H,16,18). The van der Waals surface area contributed by atoms with Gasteiger partial charge < -0.3 is 4.42 Å². The Hall–Kier alpha value is -1.84. The number of fused-ring (bicyclic) bond motifs is 1. The van der Waals surface area contributed by atoms with E-state index in [-0.39, 0.29) is 11.7 Å². The Morgan fingerprint density at radius 3 is 2.74 bits per heavy atom. The van der Waals surface area contributed by atoms with Gasteiger partial charge >= 0.3 is 5.76 Å². The van der Waals surface area contributed by atoms with Crippen LogP contribution in [0.15, 0.2) is 27.4 Å². The van der Waals surface area contributed by atoms with E-state index in [0.717, 1.165) is 31.6 Å². The number of carbonyl (C=O) groups is 1. The van der Waals surface area contributed by atoms with Crippen molar-refractivity contribution in [1.29, 1.82) is 0 Å². The van der Waals surface area contributed by atoms with Crippen molar-refractivity contribution in [3.8, 4) is 0 Å². The molecule has 1 aliphatic carbocycles. The van der Waals surface area contributed by atoms with Crippen LogP contribution in [0.5, 0.6) is 0 Å². The molecule has 1 fully saturated rings. The highest BCUT2D eigenvalue weighted by Gasteiger charge is 2.25. The molecule has 1 heterocycles. The van der Waals surface area contributed by atoms with Crippen molar-refractivity contribution in [3.05, 3.63) is 34.3 Å². The normalized spacial score (nSPS) is 23.6. The molecule has 0 saturated heterocycles. The lowest BCUT2D eigenvalue weighted by atomic mass is 9.79. The fraction of sp³-hybridized carbons (Fsp3) is 0.467. The average molecular weight is 259 g/mol. The highest BCUT2D eigenvalue weighted by atomic mass is 16.4. The fourth-order valence-electron chi connectivity index (χ4n) is 2.86. The van der Waals surface area contributed by atoms with Crippen LogP contribution in [-0.2, 0) is 0 Å². The molecule has 0 bridgehead atoms. The Kier molecular flexibility index (Phi) is 3.01. The Morgan fingerprint density at radius 1 is 1.26 bits per heavy atom. The van der Waals surface area contributed by atoms with Gasteiger partial charge in [0.1, 0.15) is 0 Å². The van der Waals surface area contributed by atoms with Crippen LogP contribution in [0.2, 0.25) is 0 Å². The van der Waals surface area contributed by atoms with Crippen LogP contribution < -0.4 is 5.76 Å². The molecule has 2 aromatic rings. The molecule has 4 heteroatoms. The van der Waals surface area contributed by atoms with Crippen LogP contribution in [0.25, 0.3) is 11.1 Å². The zero-order chi connectivity index (χ0) is 13.4. The third-order valence-electron chi connectivity index (χ3n) is 4.09. The number of aromatic nitrogens is 1. The highest BCUT2D eigenvalue weighted by Crippen LogP contribution is 2.31. The van der Waals surface area contributed by atoms with Gasteiger partial charge in [-0.05, 0) is 37.0 Å². The molecule has 1 aromatic heterocycles. The number of aromatic amines is 1. The van der Waals surface area contributed by atoms with E-state index < -0.39 is 5.76 Å². The topological polar surface area (TPSA) is 63.1 Å². The minimum atomic E-state index is -0.480. The molecular weight excluding hydrogens is 242 g/mol. The third-order valence-corrected chi connectivity index (χ3v) is 4.09. The number of rotatable bonds is 2. The van der Waals surface area contributed by atoms with Gasteiger partial charge in [-0.2, -0.15) is 0 Å². The number of benzene rings is 1. The van der Waals surface area contributed by atoms with Gasteiger partial charge in [0.25, 0.3) is 0 Å². The fourth-order valence-corrected chi connectivity index (χ4v) is 2.86. The van der Waals surface area contributed by atoms with Crippen molar-refractivity contribution in [2.24, 2.45) is 11.8 Å². The van der Waals surface area contributed by atoms with E-state index in [4.69, 9.17) is 4.42 Å². The van der Waals surface area contributed by atoms with Crippen LogP contribution in [-0.4, -0.2) is 10.8 Å². The smallest absolute Gasteiger partial charge is 0.408 e. The molecule has 0 spiro atoms. The zero-order valence-corrected chi connectivity index (χ0v) is 10.9. The molecule has 0 aliphatic heterocycles. The van der Waals surface area contributed by atoms with Gasteiger partial charge in [0.05, 0.1) is 5.52 Å². The summed E-state index contributed by atoms with van der Waals surface area (Å²) in [7, 11) is 0. The second-order valence-electron chi connectivity index (χ2n) is 5.55. The minimum absolute atomic E-state index is 0.124. The van der Waals surface area contributed by atoms with Gasteiger partial charge in [0, 0.05) is 11.5 Å². The van der Waals surface area contributed by atoms with Crippen LogP contribution in [0, 0.1) is 11.8 Å². The second kappa shape index (κ2) is 4.68. The Morgan fingerprint density at radius 2 is 2.00 bits per heavy atom. The summed E-state index contributed by atoms with van der Waals surface area (Å²) in [6.45, 7) is 2.24. The third kappa shape index (κ3) is 2.35. The first-order valence-corrected chi connectivity index (χ1v) is 6.80. The van der Waals surface area contributed by atoms with E-state index in [1.807, 2.05) is 0 Å². The summed E-state index contributed by atoms with van der Waals surface area (Å²) in [4.78, 5) is 26.1. The average Bonchev–Trinajstić information content (AvgIpc) is 2.77. The molecule has 3 rings (SSSR count). The Bertz CT molecular complexity index is 659. The number of Topliss-reactive ketones (excluding diaryl/α,β-unsaturated/α-hetero) is 1. The van der Waals surface area contributed by atoms with Gasteiger partial charge in [0.2, 0.25) is 0 Å². The number of H-pyrrole nitrogens is 1. The molecule has 1 aromatic carbocycles. The van der Waals surface area contributed by atoms with Crippen molar-refractivity contribution < 1.29 is 9.21 Å². The summed E-state index contributed by atoms with van der Waals surface area (Å²) in [6.07, 6.45) is 4.18. The number of nitrogens with one attached hydrogen (secondary N) is 1. The Balaban J connectivity index is 1.86. The molecule has 1 N–H and O–H groups in total. The molecular formula is C15H17NO3. The summed E-state index contributed by atoms with van der Waals surface area (Å²) in [5, 5.41) is 0. The lowest BCUT2D eigenvalue weighted by Crippen LogP contribution is -2.20. The van der Waals surface area contributed by atoms with Crippen molar-refractivity contribution in [1.82, 2.24) is 4.98 Å². The first kappa shape index (κ1) is 12.2. The minimum Gasteiger partial charge on any atom is -0.408 e. The van der Waals surface area contributed by atoms with E-state index in [0.29, 0.717) is 16.7 Å². The maximum Gasteiger partial charge on any atom is 0.417 e. The van der Waals surface area contributed by atoms with Crippen LogP contribution >= 0.6 is 0 Å². The monoisotopic (exact) mass is 259 g/mol. The predicted molar refractivity (Wildman–Crippen MR) is 72.3 cm³/mol. The predicted octanol–water partition coefficient (Wildman–Crippen LogP) is 3.13. The summed E-state index contributed by atoms with van der Waals surface area (Å²) >= 11 is 0. The molecule has 100 valence electrons. The molecule has 4 nitrogen and oxygen atoms in total. The quantitative estimate of drug-likeness (QED) is 0.843. The van der Waals surface area contributed by atoms with E-state index in [1.165, 1.54) is 0 Å². The van der Waals surface area contributed by atoms with Crippen molar-refractivity contribution >= 4 is 16.9 Å². The van der Waals surface area contributed by atoms with Gasteiger partial charge in [-0.25, -0.2) is 4.79 Å². The summed E-state index contributed by atoms with van der Waals surface area (Å²) in [5.41, 5.74) is 1.74. The molecule has 0 atom stereocenters. The summed E-state index contributed by atoms with van der Waals surface area (Å²) in [6, 6.07) is 5.18. The summed E-state index contributed by atoms with van der Waals surface area (Å²) in [5.74, 6) is 0.553. The largest absolute Gasteiger partial charge is 0.417 e. The number of hydrogen-bond acceptors (Lipinski definition) is 3. The summed E-state index contributed by atoms with van der Waals surface area (Å²) < 4.78 is 5.00. The number of carbonyl (C=O) groups excluding carboxylic acids is 1. The van der Waals surface area contributed by atoms with Crippen LogP contribution in [0.1, 0.15) is 43.0 Å². The lowest BCUT2D eigenvalue weighted by molar-refractivity contribution is 0.0875. The van der Waals surface area contributed by atoms with E-state index >= 15 is 0 Å². The number of hydrogen-bond donors (Lipinski definition) is 1. The maximum atomic E-state index is 12.4. The molecule has 1 saturated carbocycles. The first-order valence-electron chi connectivity index (χ1n) is 6.80.